The Hall–Kier alpha value is -0.570. The van der Waals surface area contributed by atoms with Gasteiger partial charge in [-0.2, -0.15) is 0 Å². The predicted octanol–water partition coefficient (Wildman–Crippen LogP) is 1.49. The Morgan fingerprint density at radius 3 is 2.00 bits per heavy atom. The lowest BCUT2D eigenvalue weighted by Crippen LogP contribution is -2.33. The molecule has 3 nitrogen and oxygen atoms in total. The molecule has 0 fully saturated rings. The van der Waals surface area contributed by atoms with E-state index in [2.05, 4.69) is 24.1 Å². The number of rotatable bonds is 5. The summed E-state index contributed by atoms with van der Waals surface area (Å²) in [5.41, 5.74) is 0. The third-order valence-corrected chi connectivity index (χ3v) is 1.70. The maximum Gasteiger partial charge on any atom is 0.216 e. The third kappa shape index (κ3) is 11.4. The zero-order chi connectivity index (χ0) is 10.7. The first-order valence-corrected chi connectivity index (χ1v) is 5.17. The summed E-state index contributed by atoms with van der Waals surface area (Å²) in [6.07, 6.45) is 0. The van der Waals surface area contributed by atoms with Crippen LogP contribution >= 0.6 is 0 Å². The summed E-state index contributed by atoms with van der Waals surface area (Å²) in [5.74, 6) is 0.0529. The van der Waals surface area contributed by atoms with Gasteiger partial charge in [-0.05, 0) is 13.1 Å². The van der Waals surface area contributed by atoms with E-state index >= 15 is 0 Å². The monoisotopic (exact) mass is 188 g/mol. The Labute approximate surface area is 82.5 Å². The maximum atomic E-state index is 10.5. The van der Waals surface area contributed by atoms with Crippen LogP contribution in [0.25, 0.3) is 0 Å². The lowest BCUT2D eigenvalue weighted by molar-refractivity contribution is -0.119. The van der Waals surface area contributed by atoms with Gasteiger partial charge in [-0.3, -0.25) is 4.79 Å². The van der Waals surface area contributed by atoms with Crippen LogP contribution in [0.4, 0.5) is 0 Å². The van der Waals surface area contributed by atoms with Gasteiger partial charge in [0.25, 0.3) is 0 Å². The molecular weight excluding hydrogens is 164 g/mol. The molecule has 0 bridgehead atoms. The van der Waals surface area contributed by atoms with Crippen molar-refractivity contribution in [2.45, 2.75) is 34.6 Å². The third-order valence-electron chi connectivity index (χ3n) is 1.70. The Kier molecular flexibility index (Phi) is 13.1. The molecule has 0 saturated heterocycles. The molecule has 1 N–H and O–H groups in total. The topological polar surface area (TPSA) is 32.3 Å². The molecule has 0 heterocycles. The first-order valence-electron chi connectivity index (χ1n) is 5.17. The zero-order valence-electron chi connectivity index (χ0n) is 9.68. The number of nitrogens with one attached hydrogen (secondary N) is 1. The summed E-state index contributed by atoms with van der Waals surface area (Å²) < 4.78 is 0. The van der Waals surface area contributed by atoms with Gasteiger partial charge in [-0.25, -0.2) is 0 Å². The largest absolute Gasteiger partial charge is 0.355 e. The minimum Gasteiger partial charge on any atom is -0.355 e. The zero-order valence-corrected chi connectivity index (χ0v) is 9.68. The summed E-state index contributed by atoms with van der Waals surface area (Å²) >= 11 is 0. The van der Waals surface area contributed by atoms with Crippen LogP contribution < -0.4 is 5.32 Å². The molecule has 13 heavy (non-hydrogen) atoms. The average Bonchev–Trinajstić information content (AvgIpc) is 2.15. The molecule has 1 amide bonds. The number of carbonyl (C=O) groups is 1. The smallest absolute Gasteiger partial charge is 0.216 e. The fraction of sp³-hybridized carbons (Fsp3) is 0.900. The predicted molar refractivity (Wildman–Crippen MR) is 57.8 cm³/mol. The van der Waals surface area contributed by atoms with E-state index in [1.807, 2.05) is 13.8 Å². The highest BCUT2D eigenvalue weighted by molar-refractivity contribution is 5.72. The van der Waals surface area contributed by atoms with E-state index in [4.69, 9.17) is 0 Å². The summed E-state index contributed by atoms with van der Waals surface area (Å²) in [6, 6.07) is 0. The van der Waals surface area contributed by atoms with Crippen LogP contribution in [0.15, 0.2) is 0 Å². The van der Waals surface area contributed by atoms with Crippen LogP contribution in [0.1, 0.15) is 34.6 Å². The lowest BCUT2D eigenvalue weighted by Gasteiger charge is -2.17. The van der Waals surface area contributed by atoms with E-state index in [0.29, 0.717) is 0 Å². The van der Waals surface area contributed by atoms with Crippen molar-refractivity contribution in [1.29, 1.82) is 0 Å². The molecule has 0 rings (SSSR count). The second kappa shape index (κ2) is 11.4. The number of nitrogens with zero attached hydrogens (tertiary/aromatic N) is 1. The number of amides is 1. The second-order valence-electron chi connectivity index (χ2n) is 2.51. The summed E-state index contributed by atoms with van der Waals surface area (Å²) in [7, 11) is 0. The first kappa shape index (κ1) is 14.9. The maximum absolute atomic E-state index is 10.5. The van der Waals surface area contributed by atoms with Crippen molar-refractivity contribution in [2.75, 3.05) is 26.2 Å². The molecular formula is C10H24N2O. The number of hydrogen-bond donors (Lipinski definition) is 1. The second-order valence-corrected chi connectivity index (χ2v) is 2.51. The Morgan fingerprint density at radius 2 is 1.69 bits per heavy atom. The molecule has 0 aliphatic heterocycles. The van der Waals surface area contributed by atoms with Crippen molar-refractivity contribution in [3.8, 4) is 0 Å². The standard InChI is InChI=1S/C8H18N2O.C2H6/c1-4-10(5-2)7-6-9-8(3)11;1-2/h4-7H2,1-3H3,(H,9,11);1-2H3. The fourth-order valence-corrected chi connectivity index (χ4v) is 0.930. The van der Waals surface area contributed by atoms with Crippen molar-refractivity contribution >= 4 is 5.91 Å². The van der Waals surface area contributed by atoms with E-state index in [-0.39, 0.29) is 5.91 Å². The highest BCUT2D eigenvalue weighted by Gasteiger charge is 1.97. The lowest BCUT2D eigenvalue weighted by atomic mass is 10.4. The minimum absolute atomic E-state index is 0.0529. The van der Waals surface area contributed by atoms with Crippen molar-refractivity contribution in [3.05, 3.63) is 0 Å². The Morgan fingerprint density at radius 1 is 1.23 bits per heavy atom. The SMILES string of the molecule is CC.CCN(CC)CCNC(C)=O. The van der Waals surface area contributed by atoms with Crippen LogP contribution in [0.5, 0.6) is 0 Å². The average molecular weight is 188 g/mol. The Balaban J connectivity index is 0. The fourth-order valence-electron chi connectivity index (χ4n) is 0.930. The molecule has 0 aliphatic rings. The summed E-state index contributed by atoms with van der Waals surface area (Å²) in [6.45, 7) is 13.6. The van der Waals surface area contributed by atoms with Gasteiger partial charge in [0.15, 0.2) is 0 Å². The first-order chi connectivity index (χ1) is 6.20. The molecule has 80 valence electrons. The van der Waals surface area contributed by atoms with Crippen LogP contribution in [0, 0.1) is 0 Å². The van der Waals surface area contributed by atoms with Crippen molar-refractivity contribution in [3.63, 3.8) is 0 Å². The molecule has 0 radical (unpaired) electrons. The quantitative estimate of drug-likeness (QED) is 0.709. The van der Waals surface area contributed by atoms with Crippen LogP contribution in [-0.4, -0.2) is 37.0 Å². The van der Waals surface area contributed by atoms with Crippen LogP contribution in [0.2, 0.25) is 0 Å². The van der Waals surface area contributed by atoms with Crippen LogP contribution in [-0.2, 0) is 4.79 Å². The molecule has 0 atom stereocenters. The minimum atomic E-state index is 0.0529. The van der Waals surface area contributed by atoms with E-state index in [9.17, 15) is 4.79 Å². The van der Waals surface area contributed by atoms with Gasteiger partial charge in [-0.1, -0.05) is 27.7 Å². The molecule has 0 spiro atoms. The van der Waals surface area contributed by atoms with Crippen LogP contribution in [0.3, 0.4) is 0 Å². The number of likely N-dealkylation sites (N-methyl/N-ethyl adjacent to an activating group) is 1. The summed E-state index contributed by atoms with van der Waals surface area (Å²) in [4.78, 5) is 12.7. The molecule has 0 aromatic carbocycles. The van der Waals surface area contributed by atoms with Gasteiger partial charge >= 0.3 is 0 Å². The van der Waals surface area contributed by atoms with Crippen molar-refractivity contribution in [1.82, 2.24) is 10.2 Å². The van der Waals surface area contributed by atoms with E-state index < -0.39 is 0 Å². The molecule has 0 saturated carbocycles. The van der Waals surface area contributed by atoms with E-state index in [1.165, 1.54) is 0 Å². The molecule has 0 aromatic heterocycles. The highest BCUT2D eigenvalue weighted by atomic mass is 16.1. The number of carbonyl (C=O) groups excluding carboxylic acids is 1. The molecule has 0 aliphatic carbocycles. The van der Waals surface area contributed by atoms with Gasteiger partial charge in [0.2, 0.25) is 5.91 Å². The van der Waals surface area contributed by atoms with Gasteiger partial charge in [0, 0.05) is 20.0 Å². The number of hydrogen-bond acceptors (Lipinski definition) is 2. The Bertz CT molecular complexity index is 111. The van der Waals surface area contributed by atoms with Crippen molar-refractivity contribution in [2.24, 2.45) is 0 Å². The highest BCUT2D eigenvalue weighted by Crippen LogP contribution is 1.83. The van der Waals surface area contributed by atoms with Gasteiger partial charge in [0.05, 0.1) is 0 Å². The van der Waals surface area contributed by atoms with Gasteiger partial charge in [0.1, 0.15) is 0 Å². The van der Waals surface area contributed by atoms with Gasteiger partial charge < -0.3 is 10.2 Å². The van der Waals surface area contributed by atoms with E-state index in [0.717, 1.165) is 26.2 Å². The molecule has 0 aromatic rings. The molecule has 3 heteroatoms. The van der Waals surface area contributed by atoms with E-state index in [1.54, 1.807) is 6.92 Å². The van der Waals surface area contributed by atoms with Crippen molar-refractivity contribution < 1.29 is 4.79 Å². The molecule has 0 unspecified atom stereocenters. The normalized spacial score (nSPS) is 9.08. The summed E-state index contributed by atoms with van der Waals surface area (Å²) in [5, 5.41) is 2.76. The van der Waals surface area contributed by atoms with Gasteiger partial charge in [-0.15, -0.1) is 0 Å².